The molecule has 1 aromatic rings. The summed E-state index contributed by atoms with van der Waals surface area (Å²) in [5.41, 5.74) is 1.90. The molecule has 1 aliphatic heterocycles. The summed E-state index contributed by atoms with van der Waals surface area (Å²) in [5.74, 6) is 0.756. The first-order chi connectivity index (χ1) is 8.19. The zero-order valence-corrected chi connectivity index (χ0v) is 10.0. The molecular weight excluding hydrogens is 220 g/mol. The van der Waals surface area contributed by atoms with Gasteiger partial charge in [0.15, 0.2) is 6.79 Å². The Morgan fingerprint density at radius 1 is 1.41 bits per heavy atom. The van der Waals surface area contributed by atoms with Crippen LogP contribution in [0.1, 0.15) is 5.56 Å². The number of nitrogens with one attached hydrogen (secondary N) is 1. The molecule has 1 N–H and O–H groups in total. The number of ether oxygens (including phenoxy) is 2. The third-order valence-electron chi connectivity index (χ3n) is 2.55. The molecule has 0 aliphatic carbocycles. The highest BCUT2D eigenvalue weighted by molar-refractivity contribution is 5.93. The Balaban J connectivity index is 2.22. The van der Waals surface area contributed by atoms with E-state index >= 15 is 0 Å². The fraction of sp³-hybridized carbons (Fsp3) is 0.417. The van der Waals surface area contributed by atoms with Crippen molar-refractivity contribution in [2.24, 2.45) is 0 Å². The van der Waals surface area contributed by atoms with Gasteiger partial charge in [0.2, 0.25) is 5.91 Å². The maximum absolute atomic E-state index is 11.5. The molecular formula is C12H16N2O3. The van der Waals surface area contributed by atoms with E-state index in [1.807, 2.05) is 30.1 Å². The highest BCUT2D eigenvalue weighted by Crippen LogP contribution is 2.25. The number of rotatable bonds is 3. The van der Waals surface area contributed by atoms with Gasteiger partial charge in [-0.3, -0.25) is 9.69 Å². The van der Waals surface area contributed by atoms with Crippen molar-refractivity contribution in [3.05, 3.63) is 23.8 Å². The summed E-state index contributed by atoms with van der Waals surface area (Å²) in [7, 11) is 3.49. The van der Waals surface area contributed by atoms with Crippen LogP contribution in [0, 0.1) is 0 Å². The Kier molecular flexibility index (Phi) is 3.61. The molecule has 0 aromatic heterocycles. The molecule has 0 saturated carbocycles. The number of hydrogen-bond donors (Lipinski definition) is 1. The van der Waals surface area contributed by atoms with Gasteiger partial charge in [-0.1, -0.05) is 0 Å². The Morgan fingerprint density at radius 2 is 2.24 bits per heavy atom. The zero-order chi connectivity index (χ0) is 12.3. The molecule has 5 nitrogen and oxygen atoms in total. The van der Waals surface area contributed by atoms with Crippen LogP contribution < -0.4 is 10.1 Å². The van der Waals surface area contributed by atoms with Crippen LogP contribution in [0.25, 0.3) is 0 Å². The number of benzene rings is 1. The van der Waals surface area contributed by atoms with Crippen LogP contribution in [0.2, 0.25) is 0 Å². The van der Waals surface area contributed by atoms with Crippen LogP contribution in [-0.2, 0) is 16.1 Å². The molecule has 5 heteroatoms. The lowest BCUT2D eigenvalue weighted by Gasteiger charge is -2.13. The van der Waals surface area contributed by atoms with Crippen molar-refractivity contribution in [3.8, 4) is 5.75 Å². The molecule has 0 unspecified atom stereocenters. The number of carbonyl (C=O) groups is 1. The smallest absolute Gasteiger partial charge is 0.238 e. The van der Waals surface area contributed by atoms with Gasteiger partial charge in [-0.2, -0.15) is 0 Å². The second kappa shape index (κ2) is 5.16. The summed E-state index contributed by atoms with van der Waals surface area (Å²) < 4.78 is 10.2. The van der Waals surface area contributed by atoms with Gasteiger partial charge in [0.25, 0.3) is 0 Å². The van der Waals surface area contributed by atoms with E-state index in [-0.39, 0.29) is 12.7 Å². The molecule has 0 saturated heterocycles. The number of hydrogen-bond acceptors (Lipinski definition) is 4. The summed E-state index contributed by atoms with van der Waals surface area (Å²) >= 11 is 0. The van der Waals surface area contributed by atoms with Gasteiger partial charge in [0, 0.05) is 19.3 Å². The van der Waals surface area contributed by atoms with Crippen molar-refractivity contribution in [1.82, 2.24) is 4.90 Å². The summed E-state index contributed by atoms with van der Waals surface area (Å²) in [6, 6.07) is 5.61. The minimum atomic E-state index is 0.0109. The molecule has 0 radical (unpaired) electrons. The first-order valence-corrected chi connectivity index (χ1v) is 5.42. The van der Waals surface area contributed by atoms with Crippen molar-refractivity contribution in [3.63, 3.8) is 0 Å². The molecule has 2 rings (SSSR count). The first-order valence-electron chi connectivity index (χ1n) is 5.42. The van der Waals surface area contributed by atoms with Crippen molar-refractivity contribution in [2.75, 3.05) is 32.8 Å². The van der Waals surface area contributed by atoms with Gasteiger partial charge >= 0.3 is 0 Å². The monoisotopic (exact) mass is 236 g/mol. The third-order valence-corrected chi connectivity index (χ3v) is 2.55. The number of amides is 1. The molecule has 1 amide bonds. The molecule has 0 spiro atoms. The van der Waals surface area contributed by atoms with Crippen LogP contribution in [0.5, 0.6) is 5.75 Å². The molecule has 0 bridgehead atoms. The molecule has 1 heterocycles. The number of fused-ring (bicyclic) bond motifs is 1. The number of likely N-dealkylation sites (N-methyl/N-ethyl adjacent to an activating group) is 1. The maximum Gasteiger partial charge on any atom is 0.238 e. The SMILES string of the molecule is COCOc1ccc2c(c1)CN(C)CC(=O)N2. The second-order valence-electron chi connectivity index (χ2n) is 4.09. The third kappa shape index (κ3) is 2.95. The van der Waals surface area contributed by atoms with Crippen LogP contribution in [0.3, 0.4) is 0 Å². The summed E-state index contributed by atoms with van der Waals surface area (Å²) in [4.78, 5) is 13.5. The van der Waals surface area contributed by atoms with E-state index in [0.29, 0.717) is 6.54 Å². The van der Waals surface area contributed by atoms with Crippen LogP contribution in [-0.4, -0.2) is 38.3 Å². The largest absolute Gasteiger partial charge is 0.468 e. The highest BCUT2D eigenvalue weighted by atomic mass is 16.7. The molecule has 1 aromatic carbocycles. The Bertz CT molecular complexity index is 420. The predicted molar refractivity (Wildman–Crippen MR) is 63.9 cm³/mol. The average molecular weight is 236 g/mol. The fourth-order valence-corrected chi connectivity index (χ4v) is 1.82. The van der Waals surface area contributed by atoms with Gasteiger partial charge in [-0.05, 0) is 30.8 Å². The summed E-state index contributed by atoms with van der Waals surface area (Å²) in [6.45, 7) is 1.35. The van der Waals surface area contributed by atoms with E-state index in [1.54, 1.807) is 7.11 Å². The molecule has 92 valence electrons. The van der Waals surface area contributed by atoms with Crippen LogP contribution in [0.15, 0.2) is 18.2 Å². The topological polar surface area (TPSA) is 50.8 Å². The molecule has 17 heavy (non-hydrogen) atoms. The van der Waals surface area contributed by atoms with Crippen molar-refractivity contribution in [2.45, 2.75) is 6.54 Å². The Hall–Kier alpha value is -1.59. The Morgan fingerprint density at radius 3 is 3.00 bits per heavy atom. The Labute approximate surface area is 100 Å². The normalized spacial score (nSPS) is 16.0. The van der Waals surface area contributed by atoms with Crippen molar-refractivity contribution >= 4 is 11.6 Å². The first kappa shape index (κ1) is 11.9. The average Bonchev–Trinajstić information content (AvgIpc) is 2.42. The number of methoxy groups -OCH3 is 1. The quantitative estimate of drug-likeness (QED) is 0.797. The van der Waals surface area contributed by atoms with Crippen molar-refractivity contribution in [1.29, 1.82) is 0 Å². The molecule has 0 atom stereocenters. The van der Waals surface area contributed by atoms with E-state index in [1.165, 1.54) is 0 Å². The molecule has 0 fully saturated rings. The van der Waals surface area contributed by atoms with E-state index in [4.69, 9.17) is 9.47 Å². The lowest BCUT2D eigenvalue weighted by molar-refractivity contribution is -0.116. The minimum absolute atomic E-state index is 0.0109. The highest BCUT2D eigenvalue weighted by Gasteiger charge is 2.16. The standard InChI is InChI=1S/C12H16N2O3/c1-14-6-9-5-10(17-8-16-2)3-4-11(9)13-12(15)7-14/h3-5H,6-8H2,1-2H3,(H,13,15). The van der Waals surface area contributed by atoms with Gasteiger partial charge < -0.3 is 14.8 Å². The van der Waals surface area contributed by atoms with Gasteiger partial charge in [0.05, 0.1) is 6.54 Å². The van der Waals surface area contributed by atoms with E-state index in [0.717, 1.165) is 23.5 Å². The van der Waals surface area contributed by atoms with E-state index < -0.39 is 0 Å². The van der Waals surface area contributed by atoms with Crippen LogP contribution >= 0.6 is 0 Å². The summed E-state index contributed by atoms with van der Waals surface area (Å²) in [5, 5.41) is 2.87. The molecule has 1 aliphatic rings. The van der Waals surface area contributed by atoms with Gasteiger partial charge in [-0.25, -0.2) is 0 Å². The predicted octanol–water partition coefficient (Wildman–Crippen LogP) is 1.05. The zero-order valence-electron chi connectivity index (χ0n) is 10.0. The van der Waals surface area contributed by atoms with Crippen LogP contribution in [0.4, 0.5) is 5.69 Å². The fourth-order valence-electron chi connectivity index (χ4n) is 1.82. The van der Waals surface area contributed by atoms with Crippen molar-refractivity contribution < 1.29 is 14.3 Å². The lowest BCUT2D eigenvalue weighted by atomic mass is 10.1. The number of carbonyl (C=O) groups excluding carboxylic acids is 1. The van der Waals surface area contributed by atoms with Gasteiger partial charge in [0.1, 0.15) is 5.75 Å². The maximum atomic E-state index is 11.5. The second-order valence-corrected chi connectivity index (χ2v) is 4.09. The number of nitrogens with zero attached hydrogens (tertiary/aromatic N) is 1. The minimum Gasteiger partial charge on any atom is -0.468 e. The van der Waals surface area contributed by atoms with E-state index in [9.17, 15) is 4.79 Å². The van der Waals surface area contributed by atoms with Gasteiger partial charge in [-0.15, -0.1) is 0 Å². The van der Waals surface area contributed by atoms with E-state index in [2.05, 4.69) is 5.32 Å². The summed E-state index contributed by atoms with van der Waals surface area (Å²) in [6.07, 6.45) is 0. The number of anilines is 1. The lowest BCUT2D eigenvalue weighted by Crippen LogP contribution is -2.26.